The number of anilines is 3. The maximum atomic E-state index is 12.4. The number of halogens is 1. The molecular weight excluding hydrogens is 526 g/mol. The SMILES string of the molecule is CC.CC.CCC.O=C(CCCCCCNC(=O)c1cnc(N(c2ccccc2)c2ccccc2Cl)nc1)NO. The monoisotopic (exact) mass is 571 g/mol. The Morgan fingerprint density at radius 3 is 1.98 bits per heavy atom. The third-order valence-electron chi connectivity index (χ3n) is 4.95. The summed E-state index contributed by atoms with van der Waals surface area (Å²) >= 11 is 6.43. The van der Waals surface area contributed by atoms with Crippen LogP contribution in [-0.2, 0) is 4.79 Å². The van der Waals surface area contributed by atoms with Crippen molar-refractivity contribution >= 4 is 40.7 Å². The Morgan fingerprint density at radius 1 is 0.850 bits per heavy atom. The molecule has 0 saturated heterocycles. The van der Waals surface area contributed by atoms with Gasteiger partial charge in [0.05, 0.1) is 16.3 Å². The molecular formula is C31H46ClN5O3. The van der Waals surface area contributed by atoms with Crippen LogP contribution in [0.25, 0.3) is 0 Å². The van der Waals surface area contributed by atoms with Crippen LogP contribution in [0.1, 0.15) is 90.4 Å². The highest BCUT2D eigenvalue weighted by molar-refractivity contribution is 6.33. The predicted octanol–water partition coefficient (Wildman–Crippen LogP) is 8.25. The first-order chi connectivity index (χ1) is 19.5. The van der Waals surface area contributed by atoms with Gasteiger partial charge >= 0.3 is 0 Å². The lowest BCUT2D eigenvalue weighted by Crippen LogP contribution is -2.25. The molecule has 40 heavy (non-hydrogen) atoms. The number of aromatic nitrogens is 2. The highest BCUT2D eigenvalue weighted by Crippen LogP contribution is 2.36. The van der Waals surface area contributed by atoms with Gasteiger partial charge in [0, 0.05) is 31.0 Å². The zero-order valence-electron chi connectivity index (χ0n) is 24.8. The number of hydroxylamine groups is 1. The third kappa shape index (κ3) is 13.5. The van der Waals surface area contributed by atoms with E-state index < -0.39 is 0 Å². The summed E-state index contributed by atoms with van der Waals surface area (Å²) in [5, 5.41) is 11.9. The quantitative estimate of drug-likeness (QED) is 0.121. The molecule has 3 rings (SSSR count). The zero-order valence-corrected chi connectivity index (χ0v) is 25.5. The Hall–Kier alpha value is -3.49. The molecule has 0 bridgehead atoms. The summed E-state index contributed by atoms with van der Waals surface area (Å²) in [5.74, 6) is -0.227. The number of carbonyl (C=O) groups is 2. The Bertz CT molecular complexity index is 1070. The van der Waals surface area contributed by atoms with Crippen LogP contribution in [0.15, 0.2) is 67.0 Å². The average molecular weight is 572 g/mol. The Kier molecular flexibility index (Phi) is 21.4. The minimum Gasteiger partial charge on any atom is -0.352 e. The molecule has 3 aromatic rings. The molecule has 0 spiro atoms. The highest BCUT2D eigenvalue weighted by atomic mass is 35.5. The van der Waals surface area contributed by atoms with E-state index in [1.54, 1.807) is 11.5 Å². The first kappa shape index (κ1) is 36.5. The van der Waals surface area contributed by atoms with E-state index in [4.69, 9.17) is 16.8 Å². The van der Waals surface area contributed by atoms with Gasteiger partial charge in [0.2, 0.25) is 11.9 Å². The van der Waals surface area contributed by atoms with Crippen LogP contribution >= 0.6 is 11.6 Å². The van der Waals surface area contributed by atoms with Gasteiger partial charge < -0.3 is 5.32 Å². The number of amides is 2. The van der Waals surface area contributed by atoms with Crippen molar-refractivity contribution in [3.05, 3.63) is 77.6 Å². The molecule has 3 N–H and O–H groups in total. The molecule has 1 aromatic heterocycles. The van der Waals surface area contributed by atoms with Crippen molar-refractivity contribution in [3.8, 4) is 0 Å². The van der Waals surface area contributed by atoms with Crippen molar-refractivity contribution in [3.63, 3.8) is 0 Å². The molecule has 0 aliphatic heterocycles. The van der Waals surface area contributed by atoms with Gasteiger partial charge in [0.15, 0.2) is 0 Å². The molecule has 0 fully saturated rings. The van der Waals surface area contributed by atoms with Crippen molar-refractivity contribution in [1.82, 2.24) is 20.8 Å². The fourth-order valence-corrected chi connectivity index (χ4v) is 3.47. The molecule has 1 heterocycles. The zero-order chi connectivity index (χ0) is 30.2. The molecule has 0 unspecified atom stereocenters. The minimum absolute atomic E-state index is 0.245. The van der Waals surface area contributed by atoms with Gasteiger partial charge in [-0.15, -0.1) is 0 Å². The highest BCUT2D eigenvalue weighted by Gasteiger charge is 2.18. The van der Waals surface area contributed by atoms with Crippen molar-refractivity contribution in [2.45, 2.75) is 80.1 Å². The van der Waals surface area contributed by atoms with E-state index in [1.807, 2.05) is 81.1 Å². The summed E-state index contributed by atoms with van der Waals surface area (Å²) in [4.78, 5) is 34.1. The van der Waals surface area contributed by atoms with Gasteiger partial charge in [-0.2, -0.15) is 0 Å². The van der Waals surface area contributed by atoms with E-state index in [-0.39, 0.29) is 11.8 Å². The van der Waals surface area contributed by atoms with Crippen LogP contribution < -0.4 is 15.7 Å². The van der Waals surface area contributed by atoms with Gasteiger partial charge in [-0.05, 0) is 37.1 Å². The number of hydrogen-bond donors (Lipinski definition) is 3. The maximum absolute atomic E-state index is 12.4. The average Bonchev–Trinajstić information content (AvgIpc) is 3.01. The van der Waals surface area contributed by atoms with Crippen LogP contribution in [0.5, 0.6) is 0 Å². The molecule has 8 nitrogen and oxygen atoms in total. The summed E-state index contributed by atoms with van der Waals surface area (Å²) in [6.45, 7) is 12.8. The van der Waals surface area contributed by atoms with Gasteiger partial charge in [-0.3, -0.25) is 19.7 Å². The molecule has 2 aromatic carbocycles. The lowest BCUT2D eigenvalue weighted by Gasteiger charge is -2.23. The summed E-state index contributed by atoms with van der Waals surface area (Å²) in [7, 11) is 0. The smallest absolute Gasteiger partial charge is 0.254 e. The topological polar surface area (TPSA) is 107 Å². The second-order valence-corrected chi connectivity index (χ2v) is 8.46. The van der Waals surface area contributed by atoms with Crippen molar-refractivity contribution in [2.75, 3.05) is 11.4 Å². The number of para-hydroxylation sites is 2. The van der Waals surface area contributed by atoms with E-state index in [1.165, 1.54) is 18.8 Å². The summed E-state index contributed by atoms with van der Waals surface area (Å²) in [6.07, 6.45) is 7.74. The molecule has 0 atom stereocenters. The van der Waals surface area contributed by atoms with Crippen molar-refractivity contribution in [1.29, 1.82) is 0 Å². The van der Waals surface area contributed by atoms with Gasteiger partial charge in [0.1, 0.15) is 0 Å². The fraction of sp³-hybridized carbons (Fsp3) is 0.419. The normalized spacial score (nSPS) is 9.40. The van der Waals surface area contributed by atoms with Gasteiger partial charge in [-0.25, -0.2) is 15.4 Å². The number of nitrogens with one attached hydrogen (secondary N) is 2. The molecule has 0 saturated carbocycles. The second kappa shape index (κ2) is 23.4. The van der Waals surface area contributed by atoms with Crippen LogP contribution in [0.2, 0.25) is 5.02 Å². The van der Waals surface area contributed by atoms with Crippen LogP contribution in [0.3, 0.4) is 0 Å². The molecule has 0 aliphatic carbocycles. The van der Waals surface area contributed by atoms with Crippen LogP contribution in [0.4, 0.5) is 17.3 Å². The molecule has 220 valence electrons. The van der Waals surface area contributed by atoms with E-state index in [0.717, 1.165) is 30.6 Å². The second-order valence-electron chi connectivity index (χ2n) is 8.06. The minimum atomic E-state index is -0.382. The van der Waals surface area contributed by atoms with E-state index in [2.05, 4.69) is 29.1 Å². The number of hydrogen-bond acceptors (Lipinski definition) is 6. The fourth-order valence-electron chi connectivity index (χ4n) is 3.25. The lowest BCUT2D eigenvalue weighted by atomic mass is 10.1. The number of carbonyl (C=O) groups excluding carboxylic acids is 2. The van der Waals surface area contributed by atoms with E-state index in [9.17, 15) is 9.59 Å². The number of nitrogens with zero attached hydrogens (tertiary/aromatic N) is 3. The number of benzene rings is 2. The summed E-state index contributed by atoms with van der Waals surface area (Å²) in [6, 6.07) is 17.1. The van der Waals surface area contributed by atoms with Crippen molar-refractivity contribution in [2.24, 2.45) is 0 Å². The lowest BCUT2D eigenvalue weighted by molar-refractivity contribution is -0.129. The first-order valence-corrected chi connectivity index (χ1v) is 14.5. The largest absolute Gasteiger partial charge is 0.352 e. The predicted molar refractivity (Wildman–Crippen MR) is 166 cm³/mol. The molecule has 9 heteroatoms. The molecule has 2 amide bonds. The van der Waals surface area contributed by atoms with E-state index >= 15 is 0 Å². The molecule has 0 aliphatic rings. The van der Waals surface area contributed by atoms with Crippen LogP contribution in [0, 0.1) is 0 Å². The summed E-state index contributed by atoms with van der Waals surface area (Å²) in [5.41, 5.74) is 3.56. The van der Waals surface area contributed by atoms with E-state index in [0.29, 0.717) is 35.9 Å². The Labute approximate surface area is 245 Å². The van der Waals surface area contributed by atoms with Gasteiger partial charge in [0.25, 0.3) is 5.91 Å². The first-order valence-electron chi connectivity index (χ1n) is 14.1. The third-order valence-corrected chi connectivity index (χ3v) is 5.27. The van der Waals surface area contributed by atoms with Crippen LogP contribution in [-0.4, -0.2) is 33.5 Å². The molecule has 0 radical (unpaired) electrons. The van der Waals surface area contributed by atoms with Gasteiger partial charge in [-0.1, -0.05) is 103 Å². The van der Waals surface area contributed by atoms with Crippen molar-refractivity contribution < 1.29 is 14.8 Å². The summed E-state index contributed by atoms with van der Waals surface area (Å²) < 4.78 is 0. The maximum Gasteiger partial charge on any atom is 0.254 e. The Balaban J connectivity index is 0.00000199. The number of rotatable bonds is 11. The Morgan fingerprint density at radius 2 is 1.40 bits per heavy atom. The standard InChI is InChI=1S/C24H26ClN5O3.C3H8.2C2H6/c25-20-12-7-8-13-21(20)30(19-10-4-3-5-11-19)24-27-16-18(17-28-24)23(32)26-15-9-2-1-6-14-22(31)29-33;1-3-2;2*1-2/h3-5,7-8,10-13,16-17,33H,1-2,6,9,14-15H2,(H,26,32)(H,29,31);3H2,1-2H3;2*1-2H3. The number of unbranched alkanes of at least 4 members (excludes halogenated alkanes) is 3.